The third kappa shape index (κ3) is 15.9. The van der Waals surface area contributed by atoms with Crippen LogP contribution in [0.1, 0.15) is 116 Å². The molecule has 6 fully saturated rings. The molecule has 8 N–H and O–H groups in total. The first kappa shape index (κ1) is 70.2. The Morgan fingerprint density at radius 3 is 1.57 bits per heavy atom. The summed E-state index contributed by atoms with van der Waals surface area (Å²) in [7, 11) is 7.88. The summed E-state index contributed by atoms with van der Waals surface area (Å²) >= 11 is 1.54. The number of hydrogen-bond acceptors (Lipinski definition) is 20. The zero-order chi connectivity index (χ0) is 70.8. The van der Waals surface area contributed by atoms with E-state index in [4.69, 9.17) is 14.0 Å². The molecular formula is C77H98N16O8S. The van der Waals surface area contributed by atoms with Crippen molar-refractivity contribution < 1.29 is 38.6 Å². The number of hydrogen-bond donors (Lipinski definition) is 8. The quantitative estimate of drug-likeness (QED) is 0.0375. The summed E-state index contributed by atoms with van der Waals surface area (Å²) in [6.07, 6.45) is 13.5. The second-order valence-electron chi connectivity index (χ2n) is 29.7. The molecule has 3 aliphatic carbocycles. The predicted octanol–water partition coefficient (Wildman–Crippen LogP) is 9.17. The van der Waals surface area contributed by atoms with Crippen molar-refractivity contribution in [2.24, 2.45) is 14.1 Å². The summed E-state index contributed by atoms with van der Waals surface area (Å²) in [5.41, 5.74) is 10.1. The Kier molecular flexibility index (Phi) is 20.8. The molecule has 0 spiro atoms. The topological polar surface area (TPSA) is 270 Å². The number of benzene rings is 5. The maximum Gasteiger partial charge on any atom is 0.239 e. The van der Waals surface area contributed by atoms with Crippen molar-refractivity contribution in [2.75, 3.05) is 101 Å². The Hall–Kier alpha value is -8.85. The number of aryl methyl sites for hydroxylation is 5. The van der Waals surface area contributed by atoms with Crippen molar-refractivity contribution in [2.45, 2.75) is 151 Å². The van der Waals surface area contributed by atoms with Crippen molar-refractivity contribution >= 4 is 85.0 Å². The fourth-order valence-electron chi connectivity index (χ4n) is 16.1. The maximum atomic E-state index is 12.6. The van der Waals surface area contributed by atoms with Crippen LogP contribution in [0.2, 0.25) is 0 Å². The highest BCUT2D eigenvalue weighted by molar-refractivity contribution is 7.09. The van der Waals surface area contributed by atoms with E-state index in [0.29, 0.717) is 36.7 Å². The Labute approximate surface area is 599 Å². The zero-order valence-electron chi connectivity index (χ0n) is 59.7. The molecule has 102 heavy (non-hydrogen) atoms. The van der Waals surface area contributed by atoms with Gasteiger partial charge in [-0.05, 0) is 176 Å². The lowest BCUT2D eigenvalue weighted by atomic mass is 9.76. The van der Waals surface area contributed by atoms with E-state index in [1.165, 1.54) is 53.7 Å². The normalized spacial score (nSPS) is 23.2. The SMILES string of the molecule is Cc1ccc2c(c1)c(NCC(=O)NC1CN(C3CCC(O)(c4cccc(N(C)C)c4)CC3)C1)nn2C.Cc1ccc2c(c1)c(NCC(=O)NC1CN(C3CCC(O)(c4cncs4)CC3)C1)nn2C.Cc1ccc2onc(NCC(=O)NC3CN(C4CCC(c5ccc6c(c5)OCO6)CC4)C3)c2c1. The van der Waals surface area contributed by atoms with E-state index in [0.717, 1.165) is 168 Å². The number of aromatic nitrogens is 6. The largest absolute Gasteiger partial charge is 0.454 e. The molecule has 3 saturated heterocycles. The lowest BCUT2D eigenvalue weighted by molar-refractivity contribution is -0.122. The smallest absolute Gasteiger partial charge is 0.239 e. The molecule has 540 valence electrons. The summed E-state index contributed by atoms with van der Waals surface area (Å²) < 4.78 is 20.0. The van der Waals surface area contributed by atoms with Gasteiger partial charge < -0.3 is 61.0 Å². The maximum absolute atomic E-state index is 12.6. The third-order valence-electron chi connectivity index (χ3n) is 22.2. The summed E-state index contributed by atoms with van der Waals surface area (Å²) in [4.78, 5) is 52.0. The van der Waals surface area contributed by atoms with E-state index in [2.05, 4.69) is 146 Å². The molecule has 7 aliphatic rings. The van der Waals surface area contributed by atoms with Crippen molar-refractivity contribution in [3.05, 3.63) is 141 Å². The van der Waals surface area contributed by atoms with Crippen molar-refractivity contribution in [3.63, 3.8) is 0 Å². The lowest BCUT2D eigenvalue weighted by Crippen LogP contribution is -2.63. The highest BCUT2D eigenvalue weighted by Gasteiger charge is 2.43. The van der Waals surface area contributed by atoms with Crippen LogP contribution in [-0.2, 0) is 39.7 Å². The van der Waals surface area contributed by atoms with Gasteiger partial charge in [-0.1, -0.05) is 58.2 Å². The molecule has 0 bridgehead atoms. The summed E-state index contributed by atoms with van der Waals surface area (Å²) in [5.74, 6) is 4.38. The number of amides is 3. The highest BCUT2D eigenvalue weighted by Crippen LogP contribution is 2.44. The van der Waals surface area contributed by atoms with Crippen LogP contribution in [-0.4, -0.2) is 188 Å². The van der Waals surface area contributed by atoms with Gasteiger partial charge in [-0.2, -0.15) is 10.2 Å². The minimum Gasteiger partial charge on any atom is -0.454 e. The van der Waals surface area contributed by atoms with Crippen LogP contribution < -0.4 is 46.3 Å². The second kappa shape index (κ2) is 30.2. The molecule has 3 saturated carbocycles. The molecule has 4 aliphatic heterocycles. The highest BCUT2D eigenvalue weighted by atomic mass is 32.1. The van der Waals surface area contributed by atoms with Crippen LogP contribution in [0, 0.1) is 20.8 Å². The number of ether oxygens (including phenoxy) is 2. The van der Waals surface area contributed by atoms with Crippen molar-refractivity contribution in [3.8, 4) is 11.5 Å². The average molecular weight is 1410 g/mol. The lowest BCUT2D eigenvalue weighted by Gasteiger charge is -2.48. The van der Waals surface area contributed by atoms with Crippen molar-refractivity contribution in [1.29, 1.82) is 0 Å². The minimum absolute atomic E-state index is 0.00935. The fraction of sp³-hybridized carbons (Fsp3) is 0.494. The van der Waals surface area contributed by atoms with Crippen LogP contribution >= 0.6 is 11.3 Å². The molecule has 3 amide bonds. The summed E-state index contributed by atoms with van der Waals surface area (Å²) in [6, 6.07) is 35.1. The van der Waals surface area contributed by atoms with E-state index in [1.807, 2.05) is 80.9 Å². The van der Waals surface area contributed by atoms with Crippen molar-refractivity contribution in [1.82, 2.24) is 60.4 Å². The van der Waals surface area contributed by atoms with Crippen LogP contribution in [0.5, 0.6) is 11.5 Å². The van der Waals surface area contributed by atoms with Crippen LogP contribution in [0.3, 0.4) is 0 Å². The van der Waals surface area contributed by atoms with Gasteiger partial charge in [0.1, 0.15) is 5.60 Å². The van der Waals surface area contributed by atoms with Gasteiger partial charge in [0.05, 0.1) is 70.2 Å². The van der Waals surface area contributed by atoms with E-state index in [9.17, 15) is 24.6 Å². The molecule has 4 aromatic heterocycles. The van der Waals surface area contributed by atoms with E-state index in [-0.39, 0.29) is 55.5 Å². The van der Waals surface area contributed by atoms with Gasteiger partial charge in [0.2, 0.25) is 24.5 Å². The molecule has 0 unspecified atom stereocenters. The average Bonchev–Trinajstić information content (AvgIpc) is 1.45. The molecule has 0 atom stereocenters. The Bertz CT molecular complexity index is 4420. The van der Waals surface area contributed by atoms with E-state index >= 15 is 0 Å². The van der Waals surface area contributed by atoms with Gasteiger partial charge in [-0.15, -0.1) is 11.3 Å². The standard InChI is InChI=1S/C28H38N6O2.C26H30N4O4.C23H30N6O2S/c1-19-8-9-25-24(14-19)27(31-33(25)4)29-16-26(35)30-21-17-34(18-21)22-10-12-28(36,13-11-22)20-6-5-7-23(15-20)32(2)3;1-16-2-8-22-21(10-16)26(29-34-22)27-12-25(31)28-19-13-30(14-19)20-6-3-17(4-7-20)18-5-9-23-24(11-18)33-15-32-23;1-15-3-4-19-18(9-15)22(27-28(19)2)25-11-21(30)26-16-12-29(13-16)17-5-7-23(31,8-6-17)20-10-24-14-32-20/h5-9,14-15,21-22,36H,10-13,16-18H2,1-4H3,(H,29,31)(H,30,35);2,5,8-11,17,19-20H,3-4,6-7,12-15H2,1H3,(H,27,29)(H,28,31);3-4,9-10,14,16-17,31H,5-8,11-13H2,1-2H3,(H,25,27)(H,26,30). The third-order valence-corrected chi connectivity index (χ3v) is 23.1. The Balaban J connectivity index is 0.000000130. The van der Waals surface area contributed by atoms with E-state index in [1.54, 1.807) is 11.7 Å². The van der Waals surface area contributed by atoms with Gasteiger partial charge in [0, 0.05) is 108 Å². The molecule has 8 heterocycles. The van der Waals surface area contributed by atoms with Crippen LogP contribution in [0.4, 0.5) is 23.1 Å². The number of anilines is 4. The summed E-state index contributed by atoms with van der Waals surface area (Å²) in [5, 5.41) is 57.2. The number of aliphatic hydroxyl groups is 2. The predicted molar refractivity (Wildman–Crippen MR) is 398 cm³/mol. The summed E-state index contributed by atoms with van der Waals surface area (Å²) in [6.45, 7) is 12.4. The minimum atomic E-state index is -0.749. The molecule has 9 aromatic rings. The number of thiazole rings is 1. The number of fused-ring (bicyclic) bond motifs is 4. The van der Waals surface area contributed by atoms with E-state index < -0.39 is 11.2 Å². The van der Waals surface area contributed by atoms with Crippen LogP contribution in [0.15, 0.2) is 113 Å². The number of carbonyl (C=O) groups is 3. The molecule has 5 aromatic carbocycles. The van der Waals surface area contributed by atoms with Crippen LogP contribution in [0.25, 0.3) is 32.8 Å². The number of nitrogens with zero attached hydrogens (tertiary/aromatic N) is 10. The first-order valence-electron chi connectivity index (χ1n) is 36.3. The fourth-order valence-corrected chi connectivity index (χ4v) is 16.9. The second-order valence-corrected chi connectivity index (χ2v) is 30.6. The monoisotopic (exact) mass is 1410 g/mol. The molecule has 16 rings (SSSR count). The molecule has 25 heteroatoms. The Morgan fingerprint density at radius 1 is 0.559 bits per heavy atom. The number of carbonyl (C=O) groups excluding carboxylic acids is 3. The van der Waals surface area contributed by atoms with Gasteiger partial charge in [-0.3, -0.25) is 43.4 Å². The van der Waals surface area contributed by atoms with Gasteiger partial charge >= 0.3 is 0 Å². The first-order valence-corrected chi connectivity index (χ1v) is 37.2. The zero-order valence-corrected chi connectivity index (χ0v) is 60.5. The molecule has 24 nitrogen and oxygen atoms in total. The van der Waals surface area contributed by atoms with Gasteiger partial charge in [0.15, 0.2) is 34.5 Å². The molecule has 0 radical (unpaired) electrons. The van der Waals surface area contributed by atoms with Gasteiger partial charge in [0.25, 0.3) is 0 Å². The first-order chi connectivity index (χ1) is 49.2. The number of likely N-dealkylation sites (tertiary alicyclic amines) is 3. The number of rotatable bonds is 19. The number of nitrogens with one attached hydrogen (secondary N) is 6. The Morgan fingerprint density at radius 2 is 1.05 bits per heavy atom. The molecular weight excluding hydrogens is 1310 g/mol. The van der Waals surface area contributed by atoms with Gasteiger partial charge in [-0.25, -0.2) is 0 Å².